The first-order chi connectivity index (χ1) is 19.9. The molecule has 19 heteroatoms. The van der Waals surface area contributed by atoms with Crippen LogP contribution in [-0.2, 0) is 33.3 Å². The van der Waals surface area contributed by atoms with Crippen LogP contribution in [0.1, 0.15) is 13.2 Å². The van der Waals surface area contributed by atoms with Gasteiger partial charge in [-0.2, -0.15) is 0 Å². The number of carbonyl (C=O) groups excluding carboxylic acids is 3. The summed E-state index contributed by atoms with van der Waals surface area (Å²) in [5.74, 6) is -1.19. The normalized spacial score (nSPS) is 27.9. The van der Waals surface area contributed by atoms with Gasteiger partial charge in [-0.1, -0.05) is 21.6 Å². The van der Waals surface area contributed by atoms with E-state index < -0.39 is 78.0 Å². The Morgan fingerprint density at radius 1 is 1.14 bits per heavy atom. The number of aromatic nitrogens is 2. The van der Waals surface area contributed by atoms with Gasteiger partial charge in [-0.15, -0.1) is 0 Å². The number of H-pyrrole nitrogens is 1. The summed E-state index contributed by atoms with van der Waals surface area (Å²) >= 11 is 0. The van der Waals surface area contributed by atoms with Crippen LogP contribution < -0.4 is 27.6 Å². The van der Waals surface area contributed by atoms with Crippen molar-refractivity contribution in [3.63, 3.8) is 0 Å². The van der Waals surface area contributed by atoms with E-state index in [-0.39, 0.29) is 12.5 Å². The number of rotatable bonds is 14. The van der Waals surface area contributed by atoms with Crippen LogP contribution in [-0.4, -0.2) is 117 Å². The standard InChI is InChI=1S/C23H33N5O12S2/c1-10(29)25-4-7-41-42-8-5-26-20(35)12-9-11(30)14(32)22(38-12)40-18(19(24)34)17-16(37-2)15(33)21(39-17)28-6-3-13(31)27-23(28)36/h3,6,9,11,14-18,21-22,30,32-33H,4-5,7-8H2,1-2H3,(H2,24,34)(H,25,29)(H,26,35)(H,27,31,36)/t11-,14-,15+,16-,17?,18+,21+,22+/m0/s1. The predicted molar refractivity (Wildman–Crippen MR) is 148 cm³/mol. The molecule has 1 aromatic heterocycles. The van der Waals surface area contributed by atoms with Crippen molar-refractivity contribution < 1.29 is 48.7 Å². The molecule has 1 aromatic rings. The number of nitrogens with two attached hydrogens (primary N) is 1. The summed E-state index contributed by atoms with van der Waals surface area (Å²) in [6.45, 7) is 2.16. The minimum atomic E-state index is -1.78. The van der Waals surface area contributed by atoms with Gasteiger partial charge in [-0.3, -0.25) is 28.7 Å². The van der Waals surface area contributed by atoms with Gasteiger partial charge in [0.2, 0.25) is 18.1 Å². The Labute approximate surface area is 246 Å². The van der Waals surface area contributed by atoms with Gasteiger partial charge in [-0.05, 0) is 6.08 Å². The number of aliphatic hydroxyl groups excluding tert-OH is 3. The van der Waals surface area contributed by atoms with Gasteiger partial charge in [0.05, 0.1) is 0 Å². The Morgan fingerprint density at radius 2 is 1.81 bits per heavy atom. The van der Waals surface area contributed by atoms with Crippen LogP contribution in [0.4, 0.5) is 0 Å². The lowest BCUT2D eigenvalue weighted by Gasteiger charge is -2.35. The van der Waals surface area contributed by atoms with Crippen molar-refractivity contribution in [3.8, 4) is 0 Å². The predicted octanol–water partition coefficient (Wildman–Crippen LogP) is -3.72. The number of nitrogens with one attached hydrogen (secondary N) is 3. The van der Waals surface area contributed by atoms with Crippen molar-refractivity contribution in [2.24, 2.45) is 5.73 Å². The zero-order valence-corrected chi connectivity index (χ0v) is 24.2. The molecule has 17 nitrogen and oxygen atoms in total. The van der Waals surface area contributed by atoms with E-state index in [0.717, 1.165) is 22.9 Å². The molecule has 1 unspecified atom stereocenters. The number of nitrogens with zero attached hydrogens (tertiary/aromatic N) is 1. The summed E-state index contributed by atoms with van der Waals surface area (Å²) in [7, 11) is 4.16. The number of aliphatic hydroxyl groups is 3. The Hall–Kier alpha value is -2.91. The number of carbonyl (C=O) groups is 3. The van der Waals surface area contributed by atoms with E-state index in [1.54, 1.807) is 0 Å². The first kappa shape index (κ1) is 33.6. The molecule has 234 valence electrons. The third-order valence-corrected chi connectivity index (χ3v) is 8.45. The SMILES string of the molecule is CO[C@@H]1C([C@@H](O[C@H]2OC(C(=O)NCCSSCCNC(C)=O)=C[C@H](O)[C@@H]2O)C(N)=O)O[C@@H](n2ccc(=O)[nH]c2=O)[C@@H]1O. The fourth-order valence-corrected chi connectivity index (χ4v) is 5.88. The molecular weight excluding hydrogens is 602 g/mol. The highest BCUT2D eigenvalue weighted by Gasteiger charge is 2.52. The average Bonchev–Trinajstić information content (AvgIpc) is 3.25. The Morgan fingerprint density at radius 3 is 2.40 bits per heavy atom. The van der Waals surface area contributed by atoms with E-state index in [9.17, 15) is 39.3 Å². The number of ether oxygens (including phenoxy) is 4. The van der Waals surface area contributed by atoms with Crippen molar-refractivity contribution >= 4 is 39.3 Å². The maximum absolute atomic E-state index is 12.6. The van der Waals surface area contributed by atoms with Crippen LogP contribution in [0.25, 0.3) is 0 Å². The van der Waals surface area contributed by atoms with Gasteiger partial charge in [0, 0.05) is 50.9 Å². The maximum atomic E-state index is 12.6. The molecule has 3 heterocycles. The van der Waals surface area contributed by atoms with E-state index in [1.165, 1.54) is 35.6 Å². The molecule has 8 atom stereocenters. The van der Waals surface area contributed by atoms with Crippen molar-refractivity contribution in [2.75, 3.05) is 31.7 Å². The Balaban J connectivity index is 1.64. The molecule has 3 amide bonds. The number of amides is 3. The molecule has 1 saturated heterocycles. The van der Waals surface area contributed by atoms with Gasteiger partial charge < -0.3 is 50.6 Å². The van der Waals surface area contributed by atoms with Crippen molar-refractivity contribution in [1.82, 2.24) is 20.2 Å². The van der Waals surface area contributed by atoms with E-state index in [4.69, 9.17) is 24.7 Å². The fourth-order valence-electron chi connectivity index (χ4n) is 4.07. The molecule has 42 heavy (non-hydrogen) atoms. The minimum Gasteiger partial charge on any atom is -0.456 e. The summed E-state index contributed by atoms with van der Waals surface area (Å²) in [5.41, 5.74) is 3.93. The van der Waals surface area contributed by atoms with E-state index >= 15 is 0 Å². The molecule has 0 saturated carbocycles. The maximum Gasteiger partial charge on any atom is 0.330 e. The Bertz CT molecular complexity index is 1260. The fraction of sp³-hybridized carbons (Fsp3) is 0.609. The summed E-state index contributed by atoms with van der Waals surface area (Å²) in [6.07, 6.45) is -10.6. The van der Waals surface area contributed by atoms with E-state index in [0.29, 0.717) is 18.1 Å². The molecule has 0 spiro atoms. The largest absolute Gasteiger partial charge is 0.456 e. The molecule has 0 bridgehead atoms. The quantitative estimate of drug-likeness (QED) is 0.0767. The molecule has 0 radical (unpaired) electrons. The van der Waals surface area contributed by atoms with Crippen LogP contribution in [0.3, 0.4) is 0 Å². The molecule has 0 aliphatic carbocycles. The van der Waals surface area contributed by atoms with Gasteiger partial charge in [0.15, 0.2) is 18.1 Å². The highest BCUT2D eigenvalue weighted by molar-refractivity contribution is 8.76. The molecule has 0 aromatic carbocycles. The van der Waals surface area contributed by atoms with Crippen LogP contribution >= 0.6 is 21.6 Å². The van der Waals surface area contributed by atoms with Crippen LogP contribution in [0.15, 0.2) is 33.7 Å². The Kier molecular flexibility index (Phi) is 12.4. The first-order valence-electron chi connectivity index (χ1n) is 12.6. The highest BCUT2D eigenvalue weighted by Crippen LogP contribution is 2.34. The lowest BCUT2D eigenvalue weighted by molar-refractivity contribution is -0.241. The number of aromatic amines is 1. The number of hydrogen-bond donors (Lipinski definition) is 7. The second-order valence-electron chi connectivity index (χ2n) is 9.04. The second kappa shape index (κ2) is 15.5. The lowest BCUT2D eigenvalue weighted by Crippen LogP contribution is -2.54. The number of methoxy groups -OCH3 is 1. The molecule has 1 fully saturated rings. The zero-order valence-electron chi connectivity index (χ0n) is 22.5. The highest BCUT2D eigenvalue weighted by atomic mass is 33.1. The van der Waals surface area contributed by atoms with Crippen molar-refractivity contribution in [2.45, 2.75) is 56.1 Å². The summed E-state index contributed by atoms with van der Waals surface area (Å²) in [6, 6.07) is 1.02. The molecule has 2 aliphatic heterocycles. The van der Waals surface area contributed by atoms with Crippen LogP contribution in [0.2, 0.25) is 0 Å². The van der Waals surface area contributed by atoms with Crippen LogP contribution in [0, 0.1) is 0 Å². The van der Waals surface area contributed by atoms with Gasteiger partial charge in [0.25, 0.3) is 11.5 Å². The number of hydrogen-bond acceptors (Lipinski definition) is 14. The summed E-state index contributed by atoms with van der Waals surface area (Å²) in [4.78, 5) is 61.6. The topological polar surface area (TPSA) is 254 Å². The smallest absolute Gasteiger partial charge is 0.330 e. The van der Waals surface area contributed by atoms with Crippen molar-refractivity contribution in [1.29, 1.82) is 0 Å². The van der Waals surface area contributed by atoms with E-state index in [2.05, 4.69) is 10.6 Å². The summed E-state index contributed by atoms with van der Waals surface area (Å²) < 4.78 is 22.9. The third kappa shape index (κ3) is 8.57. The second-order valence-corrected chi connectivity index (χ2v) is 11.7. The van der Waals surface area contributed by atoms with Crippen molar-refractivity contribution in [3.05, 3.63) is 44.9 Å². The third-order valence-electron chi connectivity index (χ3n) is 6.04. The molecule has 2 aliphatic rings. The average molecular weight is 636 g/mol. The van der Waals surface area contributed by atoms with E-state index in [1.807, 2.05) is 4.98 Å². The minimum absolute atomic E-state index is 0.121. The summed E-state index contributed by atoms with van der Waals surface area (Å²) in [5, 5.41) is 36.8. The molecule has 8 N–H and O–H groups in total. The number of primary amides is 1. The molecule has 3 rings (SSSR count). The van der Waals surface area contributed by atoms with Gasteiger partial charge in [-0.25, -0.2) is 4.79 Å². The monoisotopic (exact) mass is 635 g/mol. The first-order valence-corrected chi connectivity index (χ1v) is 15.1. The molecular formula is C23H33N5O12S2. The van der Waals surface area contributed by atoms with Gasteiger partial charge in [0.1, 0.15) is 30.5 Å². The lowest BCUT2D eigenvalue weighted by atomic mass is 10.0. The van der Waals surface area contributed by atoms with Gasteiger partial charge >= 0.3 is 5.69 Å². The zero-order chi connectivity index (χ0) is 31.0. The van der Waals surface area contributed by atoms with Crippen LogP contribution in [0.5, 0.6) is 0 Å².